The molecule has 138 valence electrons. The molecule has 2 aromatic heterocycles. The zero-order valence-electron chi connectivity index (χ0n) is 15.1. The number of hydrogen-bond donors (Lipinski definition) is 1. The summed E-state index contributed by atoms with van der Waals surface area (Å²) in [4.78, 5) is 9.35. The van der Waals surface area contributed by atoms with Gasteiger partial charge in [-0.3, -0.25) is 14.5 Å². The lowest BCUT2D eigenvalue weighted by molar-refractivity contribution is 0.0845. The number of hydrogen-bond acceptors (Lipinski definition) is 7. The zero-order chi connectivity index (χ0) is 17.6. The Hall–Kier alpha value is -1.77. The molecule has 1 saturated heterocycles. The fourth-order valence-corrected chi connectivity index (χ4v) is 3.20. The molecule has 0 bridgehead atoms. The Balaban J connectivity index is 1.48. The van der Waals surface area contributed by atoms with Crippen molar-refractivity contribution in [3.05, 3.63) is 29.7 Å². The van der Waals surface area contributed by atoms with Gasteiger partial charge in [-0.25, -0.2) is 0 Å². The Bertz CT molecular complexity index is 647. The number of aromatic nitrogens is 4. The highest BCUT2D eigenvalue weighted by Gasteiger charge is 2.25. The van der Waals surface area contributed by atoms with Crippen molar-refractivity contribution in [2.24, 2.45) is 0 Å². The van der Waals surface area contributed by atoms with E-state index in [1.54, 1.807) is 4.68 Å². The fourth-order valence-electron chi connectivity index (χ4n) is 3.20. The lowest BCUT2D eigenvalue weighted by Crippen LogP contribution is -2.46. The summed E-state index contributed by atoms with van der Waals surface area (Å²) < 4.78 is 7.22. The maximum absolute atomic E-state index is 8.96. The van der Waals surface area contributed by atoms with Crippen molar-refractivity contribution in [1.82, 2.24) is 29.7 Å². The van der Waals surface area contributed by atoms with Crippen LogP contribution >= 0.6 is 0 Å². The van der Waals surface area contributed by atoms with Crippen molar-refractivity contribution in [1.29, 1.82) is 0 Å². The zero-order valence-corrected chi connectivity index (χ0v) is 15.1. The third-order valence-electron chi connectivity index (χ3n) is 4.69. The molecule has 1 fully saturated rings. The first kappa shape index (κ1) is 18.0. The summed E-state index contributed by atoms with van der Waals surface area (Å²) in [6.07, 6.45) is 5.80. The molecule has 8 nitrogen and oxygen atoms in total. The molecule has 1 N–H and O–H groups in total. The second-order valence-electron chi connectivity index (χ2n) is 6.62. The van der Waals surface area contributed by atoms with Crippen LogP contribution in [0.5, 0.6) is 0 Å². The average Bonchev–Trinajstić information content (AvgIpc) is 3.25. The van der Waals surface area contributed by atoms with Crippen LogP contribution in [-0.4, -0.2) is 67.6 Å². The normalized spacial score (nSPS) is 17.9. The van der Waals surface area contributed by atoms with E-state index in [0.717, 1.165) is 57.3 Å². The van der Waals surface area contributed by atoms with Gasteiger partial charge in [0.1, 0.15) is 0 Å². The van der Waals surface area contributed by atoms with Crippen molar-refractivity contribution in [2.75, 3.05) is 32.8 Å². The highest BCUT2D eigenvalue weighted by molar-refractivity contribution is 5.04. The van der Waals surface area contributed by atoms with E-state index in [-0.39, 0.29) is 12.6 Å². The van der Waals surface area contributed by atoms with Crippen LogP contribution < -0.4 is 0 Å². The molecule has 0 saturated carbocycles. The standard InChI is InChI=1S/C17H28N6O2/c1-3-4-16-19-17(25-20-16)14(2)22-7-5-21(6-8-22)12-15-11-18-23(13-15)9-10-24/h11,13-14,24H,3-10,12H2,1-2H3. The Labute approximate surface area is 148 Å². The second-order valence-corrected chi connectivity index (χ2v) is 6.62. The number of piperazine rings is 1. The molecule has 1 aliphatic rings. The van der Waals surface area contributed by atoms with Crippen LogP contribution in [0.2, 0.25) is 0 Å². The molecule has 1 aliphatic heterocycles. The molecule has 2 aromatic rings. The lowest BCUT2D eigenvalue weighted by Gasteiger charge is -2.36. The Kier molecular flexibility index (Phi) is 6.17. The molecule has 0 aromatic carbocycles. The van der Waals surface area contributed by atoms with Crippen LogP contribution in [-0.2, 0) is 19.5 Å². The third-order valence-corrected chi connectivity index (χ3v) is 4.69. The second kappa shape index (κ2) is 8.55. The van der Waals surface area contributed by atoms with Crippen molar-refractivity contribution < 1.29 is 9.63 Å². The molecule has 3 rings (SSSR count). The quantitative estimate of drug-likeness (QED) is 0.764. The molecule has 0 spiro atoms. The van der Waals surface area contributed by atoms with Crippen LogP contribution in [0.3, 0.4) is 0 Å². The minimum Gasteiger partial charge on any atom is -0.394 e. The number of aryl methyl sites for hydroxylation is 1. The van der Waals surface area contributed by atoms with Gasteiger partial charge in [-0.15, -0.1) is 0 Å². The number of aliphatic hydroxyl groups is 1. The van der Waals surface area contributed by atoms with Crippen molar-refractivity contribution >= 4 is 0 Å². The maximum atomic E-state index is 8.96. The van der Waals surface area contributed by atoms with Gasteiger partial charge in [0.05, 0.1) is 25.4 Å². The lowest BCUT2D eigenvalue weighted by atomic mass is 10.2. The fraction of sp³-hybridized carbons (Fsp3) is 0.706. The van der Waals surface area contributed by atoms with Gasteiger partial charge < -0.3 is 9.63 Å². The summed E-state index contributed by atoms with van der Waals surface area (Å²) >= 11 is 0. The van der Waals surface area contributed by atoms with Crippen LogP contribution in [0.1, 0.15) is 43.6 Å². The van der Waals surface area contributed by atoms with E-state index in [0.29, 0.717) is 6.54 Å². The van der Waals surface area contributed by atoms with Gasteiger partial charge in [-0.1, -0.05) is 12.1 Å². The molecule has 0 radical (unpaired) electrons. The number of aliphatic hydroxyl groups excluding tert-OH is 1. The molecular weight excluding hydrogens is 320 g/mol. The van der Waals surface area contributed by atoms with Crippen molar-refractivity contribution in [3.63, 3.8) is 0 Å². The van der Waals surface area contributed by atoms with Gasteiger partial charge in [-0.05, 0) is 13.3 Å². The molecule has 8 heteroatoms. The average molecular weight is 348 g/mol. The summed E-state index contributed by atoms with van der Waals surface area (Å²) in [5.41, 5.74) is 1.19. The van der Waals surface area contributed by atoms with Gasteiger partial charge >= 0.3 is 0 Å². The van der Waals surface area contributed by atoms with E-state index in [1.807, 2.05) is 12.4 Å². The predicted octanol–water partition coefficient (Wildman–Crippen LogP) is 1.09. The van der Waals surface area contributed by atoms with E-state index < -0.39 is 0 Å². The predicted molar refractivity (Wildman–Crippen MR) is 92.9 cm³/mol. The third kappa shape index (κ3) is 4.65. The summed E-state index contributed by atoms with van der Waals surface area (Å²) in [7, 11) is 0. The Morgan fingerprint density at radius 3 is 2.80 bits per heavy atom. The Morgan fingerprint density at radius 2 is 2.08 bits per heavy atom. The SMILES string of the molecule is CCCc1noc(C(C)N2CCN(Cc3cnn(CCO)c3)CC2)n1. The van der Waals surface area contributed by atoms with Crippen LogP contribution in [0.25, 0.3) is 0 Å². The number of nitrogens with zero attached hydrogens (tertiary/aromatic N) is 6. The molecule has 3 heterocycles. The van der Waals surface area contributed by atoms with E-state index in [1.165, 1.54) is 5.56 Å². The van der Waals surface area contributed by atoms with Crippen LogP contribution in [0, 0.1) is 0 Å². The van der Waals surface area contributed by atoms with Gasteiger partial charge in [0.2, 0.25) is 5.89 Å². The monoisotopic (exact) mass is 348 g/mol. The van der Waals surface area contributed by atoms with Crippen molar-refractivity contribution in [3.8, 4) is 0 Å². The smallest absolute Gasteiger partial charge is 0.243 e. The van der Waals surface area contributed by atoms with Gasteiger partial charge in [0, 0.05) is 50.9 Å². The molecule has 0 amide bonds. The number of rotatable bonds is 8. The van der Waals surface area contributed by atoms with Gasteiger partial charge in [0.25, 0.3) is 0 Å². The topological polar surface area (TPSA) is 83.5 Å². The van der Waals surface area contributed by atoms with E-state index >= 15 is 0 Å². The van der Waals surface area contributed by atoms with E-state index in [2.05, 4.69) is 38.9 Å². The highest BCUT2D eigenvalue weighted by Crippen LogP contribution is 2.21. The van der Waals surface area contributed by atoms with E-state index in [4.69, 9.17) is 9.63 Å². The first-order chi connectivity index (χ1) is 12.2. The van der Waals surface area contributed by atoms with Crippen LogP contribution in [0.15, 0.2) is 16.9 Å². The minimum absolute atomic E-state index is 0.118. The summed E-state index contributed by atoms with van der Waals surface area (Å²) in [5, 5.41) is 17.3. The molecule has 1 atom stereocenters. The largest absolute Gasteiger partial charge is 0.394 e. The first-order valence-electron chi connectivity index (χ1n) is 9.10. The molecule has 0 aliphatic carbocycles. The first-order valence-corrected chi connectivity index (χ1v) is 9.10. The van der Waals surface area contributed by atoms with E-state index in [9.17, 15) is 0 Å². The summed E-state index contributed by atoms with van der Waals surface area (Å²) in [6, 6.07) is 0.160. The summed E-state index contributed by atoms with van der Waals surface area (Å²) in [6.45, 7) is 9.80. The van der Waals surface area contributed by atoms with Gasteiger partial charge in [0.15, 0.2) is 5.82 Å². The molecular formula is C17H28N6O2. The molecule has 25 heavy (non-hydrogen) atoms. The molecule has 1 unspecified atom stereocenters. The van der Waals surface area contributed by atoms with Crippen LogP contribution in [0.4, 0.5) is 0 Å². The summed E-state index contributed by atoms with van der Waals surface area (Å²) in [5.74, 6) is 1.53. The highest BCUT2D eigenvalue weighted by atomic mass is 16.5. The van der Waals surface area contributed by atoms with Gasteiger partial charge in [-0.2, -0.15) is 10.1 Å². The Morgan fingerprint density at radius 1 is 1.28 bits per heavy atom. The minimum atomic E-state index is 0.118. The van der Waals surface area contributed by atoms with Crippen molar-refractivity contribution in [2.45, 2.75) is 45.8 Å². The maximum Gasteiger partial charge on any atom is 0.243 e.